The number of aliphatic hydroxyl groups excluding tert-OH is 1. The van der Waals surface area contributed by atoms with Crippen LogP contribution in [0, 0.1) is 11.8 Å². The van der Waals surface area contributed by atoms with Crippen LogP contribution in [0.1, 0.15) is 42.1 Å². The Kier molecular flexibility index (Phi) is 5.25. The molecule has 5 rings (SSSR count). The Balaban J connectivity index is 1.60. The molecule has 5 heteroatoms. The number of carbonyl (C=O) groups is 1. The molecule has 32 heavy (non-hydrogen) atoms. The minimum atomic E-state index is -0.509. The molecule has 162 valence electrons. The molecule has 0 saturated heterocycles. The van der Waals surface area contributed by atoms with Gasteiger partial charge in [-0.05, 0) is 54.0 Å². The van der Waals surface area contributed by atoms with E-state index >= 15 is 0 Å². The molecule has 0 aliphatic heterocycles. The standard InChI is InChI=1S/C27H26N2O3/c1-18-24-11-10-20-14-28-17-29-26(20)27(24,13-21(15-30)25(18)31)22-8-5-9-23(12-22)32-16-19-6-3-2-4-7-19/h2-9,12,14-15,17-18,24,30H,10-11,13,16H2,1H3/b21-15-/t18-,24-,27+/m0/s1. The highest BCUT2D eigenvalue weighted by molar-refractivity contribution is 5.98. The topological polar surface area (TPSA) is 72.3 Å². The first-order valence-corrected chi connectivity index (χ1v) is 11.1. The van der Waals surface area contributed by atoms with Crippen LogP contribution in [0.3, 0.4) is 0 Å². The Hall–Kier alpha value is -3.47. The first-order chi connectivity index (χ1) is 15.6. The van der Waals surface area contributed by atoms with Crippen molar-refractivity contribution >= 4 is 5.78 Å². The van der Waals surface area contributed by atoms with E-state index < -0.39 is 5.41 Å². The Morgan fingerprint density at radius 2 is 2.03 bits per heavy atom. The van der Waals surface area contributed by atoms with Gasteiger partial charge in [0.05, 0.1) is 12.0 Å². The zero-order valence-electron chi connectivity index (χ0n) is 18.1. The summed E-state index contributed by atoms with van der Waals surface area (Å²) in [5.41, 5.74) is 4.18. The number of allylic oxidation sites excluding steroid dienone is 1. The molecule has 1 fully saturated rings. The number of benzene rings is 2. The minimum absolute atomic E-state index is 0.0297. The predicted octanol–water partition coefficient (Wildman–Crippen LogP) is 4.95. The summed E-state index contributed by atoms with van der Waals surface area (Å²) in [5.74, 6) is 0.687. The molecule has 1 saturated carbocycles. The van der Waals surface area contributed by atoms with E-state index in [4.69, 9.17) is 9.72 Å². The van der Waals surface area contributed by atoms with Crippen molar-refractivity contribution in [3.8, 4) is 5.75 Å². The van der Waals surface area contributed by atoms with Crippen molar-refractivity contribution in [1.82, 2.24) is 9.97 Å². The van der Waals surface area contributed by atoms with E-state index in [1.807, 2.05) is 55.6 Å². The summed E-state index contributed by atoms with van der Waals surface area (Å²) >= 11 is 0. The molecule has 2 aromatic carbocycles. The lowest BCUT2D eigenvalue weighted by Crippen LogP contribution is -2.50. The molecule has 3 atom stereocenters. The lowest BCUT2D eigenvalue weighted by atomic mass is 9.52. The number of carbonyl (C=O) groups excluding carboxylic acids is 1. The van der Waals surface area contributed by atoms with Crippen molar-refractivity contribution < 1.29 is 14.6 Å². The first-order valence-electron chi connectivity index (χ1n) is 11.1. The maximum absolute atomic E-state index is 12.9. The number of aliphatic hydroxyl groups is 1. The van der Waals surface area contributed by atoms with Gasteiger partial charge in [0, 0.05) is 23.1 Å². The summed E-state index contributed by atoms with van der Waals surface area (Å²) in [4.78, 5) is 21.9. The fourth-order valence-electron chi connectivity index (χ4n) is 5.60. The van der Waals surface area contributed by atoms with Gasteiger partial charge in [0.25, 0.3) is 0 Å². The average molecular weight is 427 g/mol. The third kappa shape index (κ3) is 3.29. The lowest BCUT2D eigenvalue weighted by molar-refractivity contribution is -0.123. The van der Waals surface area contributed by atoms with Gasteiger partial charge in [-0.25, -0.2) is 9.97 Å². The minimum Gasteiger partial charge on any atom is -0.515 e. The van der Waals surface area contributed by atoms with Gasteiger partial charge in [0.1, 0.15) is 18.7 Å². The zero-order valence-corrected chi connectivity index (χ0v) is 18.1. The first kappa shape index (κ1) is 20.4. The number of rotatable bonds is 4. The third-order valence-corrected chi connectivity index (χ3v) is 7.12. The van der Waals surface area contributed by atoms with Gasteiger partial charge in [-0.2, -0.15) is 0 Å². The monoisotopic (exact) mass is 426 g/mol. The molecule has 0 amide bonds. The van der Waals surface area contributed by atoms with E-state index in [2.05, 4.69) is 17.1 Å². The van der Waals surface area contributed by atoms with Gasteiger partial charge in [0.2, 0.25) is 0 Å². The van der Waals surface area contributed by atoms with Crippen LogP contribution in [0.5, 0.6) is 5.75 Å². The molecule has 3 aromatic rings. The number of aryl methyl sites for hydroxylation is 1. The number of aromatic nitrogens is 2. The number of fused-ring (bicyclic) bond motifs is 3. The van der Waals surface area contributed by atoms with E-state index in [0.29, 0.717) is 18.6 Å². The third-order valence-electron chi connectivity index (χ3n) is 7.12. The summed E-state index contributed by atoms with van der Waals surface area (Å²) in [6.45, 7) is 2.46. The van der Waals surface area contributed by atoms with Gasteiger partial charge in [-0.1, -0.05) is 49.4 Å². The molecule has 0 spiro atoms. The molecule has 1 aromatic heterocycles. The molecule has 2 aliphatic rings. The van der Waals surface area contributed by atoms with Gasteiger partial charge < -0.3 is 9.84 Å². The summed E-state index contributed by atoms with van der Waals surface area (Å²) in [6.07, 6.45) is 6.61. The molecule has 0 unspecified atom stereocenters. The van der Waals surface area contributed by atoms with E-state index in [1.165, 1.54) is 0 Å². The number of hydrogen-bond donors (Lipinski definition) is 1. The van der Waals surface area contributed by atoms with Crippen LogP contribution in [0.2, 0.25) is 0 Å². The second-order valence-corrected chi connectivity index (χ2v) is 8.80. The van der Waals surface area contributed by atoms with Crippen molar-refractivity contribution in [3.05, 3.63) is 101 Å². The van der Waals surface area contributed by atoms with Crippen LogP contribution in [0.15, 0.2) is 79.0 Å². The molecule has 0 radical (unpaired) electrons. The molecule has 5 nitrogen and oxygen atoms in total. The Labute approximate surface area is 187 Å². The van der Waals surface area contributed by atoms with Gasteiger partial charge in [0.15, 0.2) is 5.78 Å². The fourth-order valence-corrected chi connectivity index (χ4v) is 5.60. The Morgan fingerprint density at radius 1 is 1.19 bits per heavy atom. The summed E-state index contributed by atoms with van der Waals surface area (Å²) in [7, 11) is 0. The van der Waals surface area contributed by atoms with Gasteiger partial charge in [-0.15, -0.1) is 0 Å². The summed E-state index contributed by atoms with van der Waals surface area (Å²) in [5, 5.41) is 9.90. The van der Waals surface area contributed by atoms with Crippen LogP contribution in [-0.4, -0.2) is 20.9 Å². The molecule has 2 aliphatic carbocycles. The number of hydrogen-bond acceptors (Lipinski definition) is 5. The number of Topliss-reactive ketones (excluding diaryl/α,β-unsaturated/α-hetero) is 1. The SMILES string of the molecule is C[C@@H]1C(=O)/C(=C\O)C[C@]2(c3cccc(OCc4ccccc4)c3)c3ncncc3CC[C@@H]12. The van der Waals surface area contributed by atoms with Crippen LogP contribution in [-0.2, 0) is 23.2 Å². The molecule has 1 heterocycles. The summed E-state index contributed by atoms with van der Waals surface area (Å²) < 4.78 is 6.13. The maximum atomic E-state index is 12.9. The molecule has 0 bridgehead atoms. The van der Waals surface area contributed by atoms with Gasteiger partial charge >= 0.3 is 0 Å². The predicted molar refractivity (Wildman–Crippen MR) is 121 cm³/mol. The van der Waals surface area contributed by atoms with Crippen LogP contribution in [0.4, 0.5) is 0 Å². The lowest BCUT2D eigenvalue weighted by Gasteiger charge is -2.50. The smallest absolute Gasteiger partial charge is 0.165 e. The van der Waals surface area contributed by atoms with Crippen molar-refractivity contribution in [2.45, 2.75) is 38.2 Å². The Bertz CT molecular complexity index is 1170. The molecular formula is C27H26N2O3. The number of nitrogens with zero attached hydrogens (tertiary/aromatic N) is 2. The number of ketones is 1. The largest absolute Gasteiger partial charge is 0.515 e. The van der Waals surface area contributed by atoms with E-state index in [0.717, 1.165) is 47.2 Å². The number of ether oxygens (including phenoxy) is 1. The second kappa shape index (κ2) is 8.23. The van der Waals surface area contributed by atoms with Crippen molar-refractivity contribution in [1.29, 1.82) is 0 Å². The van der Waals surface area contributed by atoms with Gasteiger partial charge in [-0.3, -0.25) is 4.79 Å². The fraction of sp³-hybridized carbons (Fsp3) is 0.296. The quantitative estimate of drug-likeness (QED) is 0.472. The second-order valence-electron chi connectivity index (χ2n) is 8.80. The van der Waals surface area contributed by atoms with Crippen molar-refractivity contribution in [3.63, 3.8) is 0 Å². The van der Waals surface area contributed by atoms with E-state index in [1.54, 1.807) is 6.33 Å². The highest BCUT2D eigenvalue weighted by Gasteiger charge is 2.54. The zero-order chi connectivity index (χ0) is 22.1. The van der Waals surface area contributed by atoms with Crippen molar-refractivity contribution in [2.24, 2.45) is 11.8 Å². The van der Waals surface area contributed by atoms with E-state index in [9.17, 15) is 9.90 Å². The highest BCUT2D eigenvalue weighted by Crippen LogP contribution is 2.55. The molecule has 1 N–H and O–H groups in total. The van der Waals surface area contributed by atoms with Crippen LogP contribution in [0.25, 0.3) is 0 Å². The average Bonchev–Trinajstić information content (AvgIpc) is 2.85. The van der Waals surface area contributed by atoms with Crippen molar-refractivity contribution in [2.75, 3.05) is 0 Å². The maximum Gasteiger partial charge on any atom is 0.165 e. The Morgan fingerprint density at radius 3 is 2.84 bits per heavy atom. The molecular weight excluding hydrogens is 400 g/mol. The van der Waals surface area contributed by atoms with E-state index in [-0.39, 0.29) is 17.6 Å². The highest BCUT2D eigenvalue weighted by atomic mass is 16.5. The normalized spacial score (nSPS) is 25.8. The summed E-state index contributed by atoms with van der Waals surface area (Å²) in [6, 6.07) is 18.2. The van der Waals surface area contributed by atoms with Crippen LogP contribution >= 0.6 is 0 Å². The van der Waals surface area contributed by atoms with Crippen LogP contribution < -0.4 is 4.74 Å².